The van der Waals surface area contributed by atoms with Crippen molar-refractivity contribution in [1.29, 1.82) is 0 Å². The monoisotopic (exact) mass is 895 g/mol. The van der Waals surface area contributed by atoms with E-state index >= 15 is 0 Å². The molecule has 5 aromatic rings. The van der Waals surface area contributed by atoms with E-state index in [0.717, 1.165) is 17.7 Å². The number of fused-ring (bicyclic) bond motifs is 3. The van der Waals surface area contributed by atoms with Crippen LogP contribution in [0.4, 0.5) is 0 Å². The van der Waals surface area contributed by atoms with E-state index in [-0.39, 0.29) is 58.3 Å². The number of carboxylic acids is 1. The first kappa shape index (κ1) is 44.3. The number of β-amino-alcohol motifs (C(OH)–C–C–N with tert-alkyl or cyclic N) is 1. The summed E-state index contributed by atoms with van der Waals surface area (Å²) in [5.74, 6) is -1.72. The number of nitrogens with one attached hydrogen (secondary N) is 2. The maximum Gasteiger partial charge on any atom is 0.335 e. The van der Waals surface area contributed by atoms with Crippen molar-refractivity contribution in [3.05, 3.63) is 136 Å². The molecular weight excluding hydrogens is 847 g/mol. The maximum atomic E-state index is 13.8. The van der Waals surface area contributed by atoms with Gasteiger partial charge in [0.15, 0.2) is 11.7 Å². The summed E-state index contributed by atoms with van der Waals surface area (Å²) in [6, 6.07) is 20.3. The smallest absolute Gasteiger partial charge is 0.335 e. The zero-order chi connectivity index (χ0) is 44.4. The Morgan fingerprint density at radius 2 is 1.89 bits per heavy atom. The average molecular weight is 896 g/mol. The van der Waals surface area contributed by atoms with Crippen molar-refractivity contribution in [3.8, 4) is 22.6 Å². The number of aromatic hydroxyl groups is 1. The topological polar surface area (TPSA) is 227 Å². The van der Waals surface area contributed by atoms with Crippen molar-refractivity contribution in [2.75, 3.05) is 24.8 Å². The number of phenolic OH excluding ortho intramolecular Hbond substituents is 1. The molecule has 1 amide bonds. The van der Waals surface area contributed by atoms with Crippen LogP contribution in [0, 0.1) is 11.8 Å². The number of aliphatic carboxylic acids is 1. The molecule has 3 aromatic carbocycles. The lowest BCUT2D eigenvalue weighted by Gasteiger charge is -2.48. The second kappa shape index (κ2) is 18.8. The van der Waals surface area contributed by atoms with Crippen LogP contribution in [0.3, 0.4) is 0 Å². The number of benzene rings is 3. The Balaban J connectivity index is 1.11. The second-order valence-electron chi connectivity index (χ2n) is 16.3. The lowest BCUT2D eigenvalue weighted by Crippen LogP contribution is -2.72. The summed E-state index contributed by atoms with van der Waals surface area (Å²) < 4.78 is 24.2. The van der Waals surface area contributed by atoms with Crippen LogP contribution in [0.1, 0.15) is 59.3 Å². The summed E-state index contributed by atoms with van der Waals surface area (Å²) in [6.45, 7) is 4.58. The number of aromatic nitrogens is 1. The van der Waals surface area contributed by atoms with Crippen LogP contribution >= 0.6 is 21.6 Å². The number of ether oxygens (including phenoxy) is 3. The number of carbonyl (C=O) groups excluding carboxylic acids is 1. The van der Waals surface area contributed by atoms with Crippen LogP contribution in [0.2, 0.25) is 0 Å². The maximum absolute atomic E-state index is 13.8. The minimum Gasteiger partial charge on any atom is -0.508 e. The lowest BCUT2D eigenvalue weighted by atomic mass is 9.77. The first-order valence-corrected chi connectivity index (χ1v) is 23.1. The molecule has 14 nitrogen and oxygen atoms in total. The van der Waals surface area contributed by atoms with Crippen molar-refractivity contribution < 1.29 is 48.6 Å². The first-order chi connectivity index (χ1) is 30.3. The van der Waals surface area contributed by atoms with Gasteiger partial charge in [0.1, 0.15) is 35.2 Å². The van der Waals surface area contributed by atoms with Gasteiger partial charge in [-0.05, 0) is 94.8 Å². The van der Waals surface area contributed by atoms with E-state index in [4.69, 9.17) is 24.4 Å². The van der Waals surface area contributed by atoms with Gasteiger partial charge in [0, 0.05) is 30.8 Å². The highest BCUT2D eigenvalue weighted by Crippen LogP contribution is 2.42. The summed E-state index contributed by atoms with van der Waals surface area (Å²) in [4.78, 5) is 42.1. The highest BCUT2D eigenvalue weighted by molar-refractivity contribution is 8.76. The van der Waals surface area contributed by atoms with Crippen molar-refractivity contribution in [3.63, 3.8) is 0 Å². The minimum absolute atomic E-state index is 0.00943. The van der Waals surface area contributed by atoms with Gasteiger partial charge in [-0.25, -0.2) is 4.79 Å². The molecule has 8 rings (SSSR count). The first-order valence-electron chi connectivity index (χ1n) is 20.7. The number of aliphatic hydroxyl groups excluding tert-OH is 1. The van der Waals surface area contributed by atoms with Gasteiger partial charge in [-0.1, -0.05) is 90.1 Å². The SMILES string of the molecule is C[C@H](C/C=C1\C=C[C@H](C)c2ccccc21)[C@H]1CNC[C@]2(O)[C@H](Oc3ccc4c(=O)c(-c5ccc(O)cc5)c(C(N)=O)oc4c3)O[C@H](C(=O)O)[C@@H](O)[C@@H]2OCSSC[C@@H]1c1cc[nH]c1. The van der Waals surface area contributed by atoms with Gasteiger partial charge < -0.3 is 55.1 Å². The normalized spacial score (nSPS) is 27.7. The Kier molecular flexibility index (Phi) is 13.2. The fraction of sp³-hybridized carbons (Fsp3) is 0.340. The number of carbonyl (C=O) groups is 2. The van der Waals surface area contributed by atoms with E-state index in [2.05, 4.69) is 72.7 Å². The Bertz CT molecular complexity index is 2580. The summed E-state index contributed by atoms with van der Waals surface area (Å²) in [6.07, 6.45) is 4.52. The largest absolute Gasteiger partial charge is 0.508 e. The molecular formula is C47H49N3O11S2. The Morgan fingerprint density at radius 1 is 1.10 bits per heavy atom. The van der Waals surface area contributed by atoms with Gasteiger partial charge >= 0.3 is 5.97 Å². The number of hydrogen-bond acceptors (Lipinski definition) is 13. The molecule has 0 unspecified atom stereocenters. The summed E-state index contributed by atoms with van der Waals surface area (Å²) in [7, 11) is 2.98. The Labute approximate surface area is 370 Å². The number of H-pyrrole nitrogens is 1. The highest BCUT2D eigenvalue weighted by atomic mass is 33.1. The number of aliphatic hydroxyl groups is 2. The molecule has 63 heavy (non-hydrogen) atoms. The van der Waals surface area contributed by atoms with E-state index < -0.39 is 53.3 Å². The number of aromatic amines is 1. The molecule has 0 bridgehead atoms. The summed E-state index contributed by atoms with van der Waals surface area (Å²) in [5, 5.41) is 47.6. The fourth-order valence-corrected chi connectivity index (χ4v) is 10.9. The van der Waals surface area contributed by atoms with Crippen LogP contribution < -0.4 is 21.2 Å². The Morgan fingerprint density at radius 3 is 2.63 bits per heavy atom. The summed E-state index contributed by atoms with van der Waals surface area (Å²) in [5.41, 5.74) is 7.84. The van der Waals surface area contributed by atoms with E-state index in [1.807, 2.05) is 12.4 Å². The molecule has 9 atom stereocenters. The lowest BCUT2D eigenvalue weighted by molar-refractivity contribution is -0.316. The van der Waals surface area contributed by atoms with Gasteiger partial charge in [-0.2, -0.15) is 0 Å². The number of nitrogens with two attached hydrogens (primary N) is 1. The van der Waals surface area contributed by atoms with Gasteiger partial charge in [0.2, 0.25) is 17.5 Å². The molecule has 2 fully saturated rings. The number of phenols is 1. The van der Waals surface area contributed by atoms with Gasteiger partial charge in [-0.15, -0.1) is 0 Å². The average Bonchev–Trinajstić information content (AvgIpc) is 3.80. The standard InChI is InChI=1S/C47H49N3O11S2/c1-25-7-9-27(33-6-4-3-5-32(25)33)10-8-26(2)35-21-50-23-47(57)43(58-24-63-62-22-36(35)29-17-18-49-20-29)40(53)42(45(55)56)61-46(47)59-31-15-16-34-37(19-31)60-41(44(48)54)38(39(34)52)28-11-13-30(51)14-12-28/h3-7,9-20,25-26,35-36,40,42-43,46,49-51,53,57H,8,21-24H2,1-2H3,(H2,48,54)(H,55,56)/b27-10+/t25-,26+,35+,36+,40+,42-,43-,46+,47+/m0/s1. The van der Waals surface area contributed by atoms with Gasteiger partial charge in [0.25, 0.3) is 5.91 Å². The van der Waals surface area contributed by atoms with Crippen LogP contribution in [0.5, 0.6) is 11.5 Å². The van der Waals surface area contributed by atoms with Crippen LogP contribution in [-0.4, -0.2) is 92.3 Å². The molecule has 8 N–H and O–H groups in total. The van der Waals surface area contributed by atoms with Crippen molar-refractivity contribution in [2.24, 2.45) is 17.6 Å². The van der Waals surface area contributed by atoms with E-state index in [1.54, 1.807) is 10.8 Å². The van der Waals surface area contributed by atoms with E-state index in [1.165, 1.54) is 70.0 Å². The third-order valence-corrected chi connectivity index (χ3v) is 14.4. The minimum atomic E-state index is -2.18. The third-order valence-electron chi connectivity index (χ3n) is 12.3. The van der Waals surface area contributed by atoms with Crippen molar-refractivity contribution in [2.45, 2.75) is 62.3 Å². The van der Waals surface area contributed by atoms with E-state index in [9.17, 15) is 34.8 Å². The second-order valence-corrected chi connectivity index (χ2v) is 18.7. The van der Waals surface area contributed by atoms with Crippen LogP contribution in [-0.2, 0) is 14.3 Å². The molecule has 2 aliphatic heterocycles. The molecule has 2 aromatic heterocycles. The number of allylic oxidation sites excluding steroid dienone is 4. The third kappa shape index (κ3) is 9.07. The fourth-order valence-electron chi connectivity index (χ4n) is 8.85. The molecule has 0 spiro atoms. The van der Waals surface area contributed by atoms with Crippen molar-refractivity contribution >= 4 is 50.0 Å². The molecule has 330 valence electrons. The van der Waals surface area contributed by atoms with Gasteiger partial charge in [0.05, 0.1) is 10.9 Å². The van der Waals surface area contributed by atoms with E-state index in [0.29, 0.717) is 18.0 Å². The molecule has 1 aliphatic carbocycles. The van der Waals surface area contributed by atoms with Crippen LogP contribution in [0.15, 0.2) is 113 Å². The van der Waals surface area contributed by atoms with Crippen molar-refractivity contribution in [1.82, 2.24) is 10.3 Å². The Hall–Kier alpha value is -5.33. The predicted molar refractivity (Wildman–Crippen MR) is 241 cm³/mol. The molecule has 3 aliphatic rings. The number of primary amides is 1. The zero-order valence-electron chi connectivity index (χ0n) is 34.5. The number of carboxylic acid groups (broad SMARTS) is 1. The number of rotatable bonds is 9. The predicted octanol–water partition coefficient (Wildman–Crippen LogP) is 6.38. The van der Waals surface area contributed by atoms with Crippen LogP contribution in [0.25, 0.3) is 27.7 Å². The number of amides is 1. The van der Waals surface area contributed by atoms with Gasteiger partial charge in [-0.3, -0.25) is 9.59 Å². The summed E-state index contributed by atoms with van der Waals surface area (Å²) >= 11 is 0. The molecule has 2 saturated heterocycles. The zero-order valence-corrected chi connectivity index (χ0v) is 36.1. The molecule has 4 heterocycles. The quantitative estimate of drug-likeness (QED) is 0.0797. The molecule has 0 saturated carbocycles. The highest BCUT2D eigenvalue weighted by Gasteiger charge is 2.59. The molecule has 16 heteroatoms. The molecule has 0 radical (unpaired) electrons. The number of hydrogen-bond donors (Lipinski definition) is 7.